The van der Waals surface area contributed by atoms with E-state index in [-0.39, 0.29) is 17.4 Å². The van der Waals surface area contributed by atoms with Crippen LogP contribution in [0.3, 0.4) is 0 Å². The second kappa shape index (κ2) is 3.01. The molecule has 0 spiro atoms. The lowest BCUT2D eigenvalue weighted by Crippen LogP contribution is -2.19. The second-order valence-electron chi connectivity index (χ2n) is 5.53. The average Bonchev–Trinajstić information content (AvgIpc) is 2.65. The maximum absolute atomic E-state index is 11.1. The quantitative estimate of drug-likeness (QED) is 0.831. The van der Waals surface area contributed by atoms with Gasteiger partial charge in [-0.2, -0.15) is 0 Å². The Labute approximate surface area is 98.3 Å². The SMILES string of the molecule is CC1(C)CC1(CO)c1ccc2oc(=O)[nH]c2c1. The fourth-order valence-electron chi connectivity index (χ4n) is 2.81. The fourth-order valence-corrected chi connectivity index (χ4v) is 2.81. The van der Waals surface area contributed by atoms with Crippen molar-refractivity contribution in [2.75, 3.05) is 6.61 Å². The Morgan fingerprint density at radius 3 is 2.76 bits per heavy atom. The standard InChI is InChI=1S/C13H15NO3/c1-12(2)6-13(12,7-15)8-3-4-10-9(5-8)14-11(16)17-10/h3-5,15H,6-7H2,1-2H3,(H,14,16). The van der Waals surface area contributed by atoms with Crippen LogP contribution in [-0.4, -0.2) is 16.7 Å². The summed E-state index contributed by atoms with van der Waals surface area (Å²) in [6, 6.07) is 5.63. The van der Waals surface area contributed by atoms with E-state index in [1.54, 1.807) is 6.07 Å². The first-order chi connectivity index (χ1) is 7.98. The van der Waals surface area contributed by atoms with Gasteiger partial charge in [0.1, 0.15) is 0 Å². The first-order valence-corrected chi connectivity index (χ1v) is 5.73. The maximum Gasteiger partial charge on any atom is 0.417 e. The van der Waals surface area contributed by atoms with Gasteiger partial charge in [-0.1, -0.05) is 19.9 Å². The number of aliphatic hydroxyl groups excluding tert-OH is 1. The molecule has 2 N–H and O–H groups in total. The van der Waals surface area contributed by atoms with Gasteiger partial charge in [-0.15, -0.1) is 0 Å². The van der Waals surface area contributed by atoms with Crippen LogP contribution in [0.5, 0.6) is 0 Å². The van der Waals surface area contributed by atoms with Crippen molar-refractivity contribution in [3.63, 3.8) is 0 Å². The predicted molar refractivity (Wildman–Crippen MR) is 64.0 cm³/mol. The Morgan fingerprint density at radius 1 is 1.47 bits per heavy atom. The highest BCUT2D eigenvalue weighted by Gasteiger charge is 2.61. The topological polar surface area (TPSA) is 66.2 Å². The first kappa shape index (κ1) is 10.6. The Morgan fingerprint density at radius 2 is 2.18 bits per heavy atom. The minimum atomic E-state index is -0.440. The van der Waals surface area contributed by atoms with E-state index in [9.17, 15) is 9.90 Å². The summed E-state index contributed by atoms with van der Waals surface area (Å²) in [7, 11) is 0. The van der Waals surface area contributed by atoms with Gasteiger partial charge in [0.2, 0.25) is 0 Å². The number of benzene rings is 1. The molecule has 1 heterocycles. The molecule has 2 aromatic rings. The zero-order valence-corrected chi connectivity index (χ0v) is 9.91. The molecular formula is C13H15NO3. The highest BCUT2D eigenvalue weighted by atomic mass is 16.4. The molecule has 4 heteroatoms. The third kappa shape index (κ3) is 1.30. The summed E-state index contributed by atoms with van der Waals surface area (Å²) in [5, 5.41) is 9.63. The highest BCUT2D eigenvalue weighted by molar-refractivity contribution is 5.73. The number of H-pyrrole nitrogens is 1. The van der Waals surface area contributed by atoms with Gasteiger partial charge in [-0.05, 0) is 29.5 Å². The lowest BCUT2D eigenvalue weighted by atomic mass is 9.88. The smallest absolute Gasteiger partial charge is 0.408 e. The highest BCUT2D eigenvalue weighted by Crippen LogP contribution is 2.64. The van der Waals surface area contributed by atoms with Crippen LogP contribution < -0.4 is 5.76 Å². The molecule has 90 valence electrons. The van der Waals surface area contributed by atoms with E-state index in [0.717, 1.165) is 12.0 Å². The number of rotatable bonds is 2. The molecule has 1 fully saturated rings. The summed E-state index contributed by atoms with van der Waals surface area (Å²) in [5.74, 6) is -0.440. The number of hydrogen-bond acceptors (Lipinski definition) is 3. The van der Waals surface area contributed by atoms with E-state index >= 15 is 0 Å². The number of hydrogen-bond donors (Lipinski definition) is 2. The largest absolute Gasteiger partial charge is 0.417 e. The summed E-state index contributed by atoms with van der Waals surface area (Å²) in [6.07, 6.45) is 0.962. The van der Waals surface area contributed by atoms with Crippen LogP contribution in [0, 0.1) is 5.41 Å². The summed E-state index contributed by atoms with van der Waals surface area (Å²) >= 11 is 0. The molecule has 1 atom stereocenters. The van der Waals surface area contributed by atoms with Crippen LogP contribution >= 0.6 is 0 Å². The van der Waals surface area contributed by atoms with Crippen LogP contribution in [0.15, 0.2) is 27.4 Å². The Kier molecular flexibility index (Phi) is 1.88. The van der Waals surface area contributed by atoms with Crippen molar-refractivity contribution >= 4 is 11.1 Å². The van der Waals surface area contributed by atoms with Crippen molar-refractivity contribution in [1.29, 1.82) is 0 Å². The fraction of sp³-hybridized carbons (Fsp3) is 0.462. The molecule has 0 aliphatic heterocycles. The lowest BCUT2D eigenvalue weighted by Gasteiger charge is -2.18. The molecule has 1 aliphatic carbocycles. The van der Waals surface area contributed by atoms with E-state index in [4.69, 9.17) is 4.42 Å². The Balaban J connectivity index is 2.16. The molecule has 0 radical (unpaired) electrons. The second-order valence-corrected chi connectivity index (χ2v) is 5.53. The van der Waals surface area contributed by atoms with Gasteiger partial charge in [0, 0.05) is 5.41 Å². The zero-order chi connectivity index (χ0) is 12.3. The molecule has 0 amide bonds. The molecule has 1 saturated carbocycles. The molecule has 4 nitrogen and oxygen atoms in total. The number of aliphatic hydroxyl groups is 1. The van der Waals surface area contributed by atoms with Crippen molar-refractivity contribution in [1.82, 2.24) is 4.98 Å². The molecular weight excluding hydrogens is 218 g/mol. The number of nitrogens with one attached hydrogen (secondary N) is 1. The van der Waals surface area contributed by atoms with Gasteiger partial charge in [-0.3, -0.25) is 4.98 Å². The number of oxazole rings is 1. The third-order valence-electron chi connectivity index (χ3n) is 4.16. The Hall–Kier alpha value is -1.55. The van der Waals surface area contributed by atoms with Crippen LogP contribution in [0.2, 0.25) is 0 Å². The van der Waals surface area contributed by atoms with E-state index < -0.39 is 5.76 Å². The maximum atomic E-state index is 11.1. The molecule has 1 aromatic heterocycles. The summed E-state index contributed by atoms with van der Waals surface area (Å²) in [5.41, 5.74) is 2.26. The van der Waals surface area contributed by atoms with Crippen molar-refractivity contribution in [2.24, 2.45) is 5.41 Å². The van der Waals surface area contributed by atoms with Crippen molar-refractivity contribution in [3.05, 3.63) is 34.3 Å². The van der Waals surface area contributed by atoms with Crippen molar-refractivity contribution in [3.8, 4) is 0 Å². The number of fused-ring (bicyclic) bond motifs is 1. The molecule has 1 aromatic carbocycles. The minimum Gasteiger partial charge on any atom is -0.408 e. The number of aromatic amines is 1. The Bertz CT molecular complexity index is 637. The van der Waals surface area contributed by atoms with Gasteiger partial charge in [-0.25, -0.2) is 4.79 Å². The van der Waals surface area contributed by atoms with E-state index in [1.165, 1.54) is 0 Å². The van der Waals surface area contributed by atoms with E-state index in [2.05, 4.69) is 18.8 Å². The summed E-state index contributed by atoms with van der Waals surface area (Å²) in [4.78, 5) is 13.7. The molecule has 17 heavy (non-hydrogen) atoms. The number of aromatic nitrogens is 1. The van der Waals surface area contributed by atoms with Gasteiger partial charge >= 0.3 is 5.76 Å². The predicted octanol–water partition coefficient (Wildman–Crippen LogP) is 1.78. The van der Waals surface area contributed by atoms with Crippen LogP contribution in [0.1, 0.15) is 25.8 Å². The average molecular weight is 233 g/mol. The normalized spacial score (nSPS) is 26.3. The van der Waals surface area contributed by atoms with E-state index in [0.29, 0.717) is 11.1 Å². The van der Waals surface area contributed by atoms with Gasteiger partial charge < -0.3 is 9.52 Å². The van der Waals surface area contributed by atoms with Crippen molar-refractivity contribution in [2.45, 2.75) is 25.7 Å². The lowest BCUT2D eigenvalue weighted by molar-refractivity contribution is 0.231. The van der Waals surface area contributed by atoms with Crippen molar-refractivity contribution < 1.29 is 9.52 Å². The molecule has 1 unspecified atom stereocenters. The summed E-state index contributed by atoms with van der Waals surface area (Å²) in [6.45, 7) is 4.42. The van der Waals surface area contributed by atoms with E-state index in [1.807, 2.05) is 12.1 Å². The molecule has 0 bridgehead atoms. The monoisotopic (exact) mass is 233 g/mol. The molecule has 1 aliphatic rings. The molecule has 0 saturated heterocycles. The minimum absolute atomic E-state index is 0.111. The van der Waals surface area contributed by atoms with Gasteiger partial charge in [0.25, 0.3) is 0 Å². The van der Waals surface area contributed by atoms with Crippen LogP contribution in [0.25, 0.3) is 11.1 Å². The van der Waals surface area contributed by atoms with Gasteiger partial charge in [0.05, 0.1) is 12.1 Å². The van der Waals surface area contributed by atoms with Crippen LogP contribution in [-0.2, 0) is 5.41 Å². The van der Waals surface area contributed by atoms with Crippen LogP contribution in [0.4, 0.5) is 0 Å². The van der Waals surface area contributed by atoms with Gasteiger partial charge in [0.15, 0.2) is 5.58 Å². The zero-order valence-electron chi connectivity index (χ0n) is 9.91. The third-order valence-corrected chi connectivity index (χ3v) is 4.16. The first-order valence-electron chi connectivity index (χ1n) is 5.73. The summed E-state index contributed by atoms with van der Waals surface area (Å²) < 4.78 is 4.97. The molecule has 3 rings (SSSR count).